The van der Waals surface area contributed by atoms with Gasteiger partial charge in [-0.05, 0) is 11.6 Å². The zero-order valence-corrected chi connectivity index (χ0v) is 9.70. The summed E-state index contributed by atoms with van der Waals surface area (Å²) in [4.78, 5) is 11.9. The van der Waals surface area contributed by atoms with E-state index in [0.717, 1.165) is 12.8 Å². The second kappa shape index (κ2) is 5.27. The molecule has 1 saturated heterocycles. The molecule has 0 spiro atoms. The van der Waals surface area contributed by atoms with E-state index in [1.807, 2.05) is 0 Å². The molecule has 6 nitrogen and oxygen atoms in total. The molecule has 0 unspecified atom stereocenters. The van der Waals surface area contributed by atoms with Crippen LogP contribution in [0.1, 0.15) is 12.8 Å². The van der Waals surface area contributed by atoms with Gasteiger partial charge in [-0.15, -0.1) is 0 Å². The first-order chi connectivity index (χ1) is 7.78. The maximum absolute atomic E-state index is 5.74. The Hall–Kier alpha value is -1.14. The van der Waals surface area contributed by atoms with Crippen molar-refractivity contribution in [3.8, 4) is 6.01 Å². The van der Waals surface area contributed by atoms with E-state index in [4.69, 9.17) is 21.1 Å². The van der Waals surface area contributed by atoms with Crippen molar-refractivity contribution >= 4 is 17.5 Å². The lowest BCUT2D eigenvalue weighted by atomic mass is 10.2. The molecule has 16 heavy (non-hydrogen) atoms. The summed E-state index contributed by atoms with van der Waals surface area (Å²) < 4.78 is 10.8. The Kier molecular flexibility index (Phi) is 3.74. The molecule has 2 heterocycles. The Morgan fingerprint density at radius 2 is 2.06 bits per heavy atom. The van der Waals surface area contributed by atoms with E-state index in [-0.39, 0.29) is 17.4 Å². The maximum Gasteiger partial charge on any atom is 0.322 e. The molecular formula is C9H13ClN4O2. The van der Waals surface area contributed by atoms with Gasteiger partial charge in [0, 0.05) is 19.9 Å². The molecule has 0 saturated carbocycles. The summed E-state index contributed by atoms with van der Waals surface area (Å²) in [5.41, 5.74) is 0. The number of anilines is 1. The molecule has 1 aliphatic rings. The zero-order valence-electron chi connectivity index (χ0n) is 8.94. The summed E-state index contributed by atoms with van der Waals surface area (Å²) in [5, 5.41) is 2.92. The third-order valence-electron chi connectivity index (χ3n) is 2.25. The number of nitrogens with one attached hydrogen (secondary N) is 1. The van der Waals surface area contributed by atoms with Gasteiger partial charge < -0.3 is 14.8 Å². The molecule has 7 heteroatoms. The second-order valence-corrected chi connectivity index (χ2v) is 3.73. The Morgan fingerprint density at radius 3 is 2.75 bits per heavy atom. The SMILES string of the molecule is CNc1nc(Cl)nc(OC2CCOCC2)n1. The third kappa shape index (κ3) is 2.93. The van der Waals surface area contributed by atoms with Crippen molar-refractivity contribution in [3.05, 3.63) is 5.28 Å². The van der Waals surface area contributed by atoms with Crippen molar-refractivity contribution in [2.24, 2.45) is 0 Å². The molecule has 1 aliphatic heterocycles. The minimum Gasteiger partial charge on any atom is -0.460 e. The van der Waals surface area contributed by atoms with E-state index >= 15 is 0 Å². The zero-order chi connectivity index (χ0) is 11.4. The highest BCUT2D eigenvalue weighted by Crippen LogP contribution is 2.16. The van der Waals surface area contributed by atoms with Gasteiger partial charge in [-0.3, -0.25) is 0 Å². The van der Waals surface area contributed by atoms with Crippen molar-refractivity contribution < 1.29 is 9.47 Å². The molecular weight excluding hydrogens is 232 g/mol. The van der Waals surface area contributed by atoms with Crippen molar-refractivity contribution in [1.82, 2.24) is 15.0 Å². The van der Waals surface area contributed by atoms with Crippen LogP contribution in [-0.4, -0.2) is 41.3 Å². The van der Waals surface area contributed by atoms with Crippen LogP contribution < -0.4 is 10.1 Å². The van der Waals surface area contributed by atoms with Crippen LogP contribution >= 0.6 is 11.6 Å². The first-order valence-corrected chi connectivity index (χ1v) is 5.49. The van der Waals surface area contributed by atoms with E-state index in [1.165, 1.54) is 0 Å². The number of aromatic nitrogens is 3. The average Bonchev–Trinajstić information content (AvgIpc) is 2.29. The van der Waals surface area contributed by atoms with Crippen LogP contribution in [0.25, 0.3) is 0 Å². The van der Waals surface area contributed by atoms with Crippen molar-refractivity contribution in [1.29, 1.82) is 0 Å². The Morgan fingerprint density at radius 1 is 1.31 bits per heavy atom. The minimum atomic E-state index is 0.0944. The van der Waals surface area contributed by atoms with Gasteiger partial charge in [0.05, 0.1) is 13.2 Å². The van der Waals surface area contributed by atoms with Gasteiger partial charge in [0.1, 0.15) is 6.10 Å². The number of ether oxygens (including phenoxy) is 2. The van der Waals surface area contributed by atoms with Crippen molar-refractivity contribution in [3.63, 3.8) is 0 Å². The first kappa shape index (κ1) is 11.3. The number of nitrogens with zero attached hydrogens (tertiary/aromatic N) is 3. The predicted octanol–water partition coefficient (Wildman–Crippen LogP) is 1.12. The van der Waals surface area contributed by atoms with Crippen LogP contribution in [0, 0.1) is 0 Å². The van der Waals surface area contributed by atoms with E-state index in [0.29, 0.717) is 19.2 Å². The standard InChI is InChI=1S/C9H13ClN4O2/c1-11-8-12-7(10)13-9(14-8)16-6-2-4-15-5-3-6/h6H,2-5H2,1H3,(H,11,12,13,14). The molecule has 1 N–H and O–H groups in total. The lowest BCUT2D eigenvalue weighted by Crippen LogP contribution is -2.26. The fourth-order valence-corrected chi connectivity index (χ4v) is 1.59. The molecule has 1 aromatic rings. The highest BCUT2D eigenvalue weighted by molar-refractivity contribution is 6.28. The Balaban J connectivity index is 2.04. The normalized spacial score (nSPS) is 17.1. The largest absolute Gasteiger partial charge is 0.460 e. The molecule has 1 aromatic heterocycles. The highest BCUT2D eigenvalue weighted by Gasteiger charge is 2.17. The van der Waals surface area contributed by atoms with Gasteiger partial charge in [0.15, 0.2) is 0 Å². The summed E-state index contributed by atoms with van der Waals surface area (Å²) in [6, 6.07) is 0.260. The quantitative estimate of drug-likeness (QED) is 0.860. The third-order valence-corrected chi connectivity index (χ3v) is 2.42. The summed E-state index contributed by atoms with van der Waals surface area (Å²) >= 11 is 5.74. The summed E-state index contributed by atoms with van der Waals surface area (Å²) in [6.07, 6.45) is 1.79. The number of hydrogen-bond donors (Lipinski definition) is 1. The van der Waals surface area contributed by atoms with Gasteiger partial charge in [0.25, 0.3) is 0 Å². The number of rotatable bonds is 3. The molecule has 0 aliphatic carbocycles. The smallest absolute Gasteiger partial charge is 0.322 e. The van der Waals surface area contributed by atoms with E-state index in [9.17, 15) is 0 Å². The first-order valence-electron chi connectivity index (χ1n) is 5.11. The van der Waals surface area contributed by atoms with E-state index < -0.39 is 0 Å². The molecule has 2 rings (SSSR count). The van der Waals surface area contributed by atoms with E-state index in [2.05, 4.69) is 20.3 Å². The lowest BCUT2D eigenvalue weighted by molar-refractivity contribution is 0.0217. The lowest BCUT2D eigenvalue weighted by Gasteiger charge is -2.22. The van der Waals surface area contributed by atoms with E-state index in [1.54, 1.807) is 7.05 Å². The van der Waals surface area contributed by atoms with Gasteiger partial charge in [-0.25, -0.2) is 0 Å². The molecule has 0 bridgehead atoms. The summed E-state index contributed by atoms with van der Waals surface area (Å²) in [7, 11) is 1.71. The van der Waals surface area contributed by atoms with Crippen LogP contribution in [0.4, 0.5) is 5.95 Å². The van der Waals surface area contributed by atoms with Crippen molar-refractivity contribution in [2.75, 3.05) is 25.6 Å². The predicted molar refractivity (Wildman–Crippen MR) is 58.9 cm³/mol. The minimum absolute atomic E-state index is 0.0944. The van der Waals surface area contributed by atoms with Crippen LogP contribution in [0.15, 0.2) is 0 Å². The Bertz CT molecular complexity index is 357. The highest BCUT2D eigenvalue weighted by atomic mass is 35.5. The van der Waals surface area contributed by atoms with Crippen molar-refractivity contribution in [2.45, 2.75) is 18.9 Å². The monoisotopic (exact) mass is 244 g/mol. The van der Waals surface area contributed by atoms with Crippen LogP contribution in [0.3, 0.4) is 0 Å². The fourth-order valence-electron chi connectivity index (χ4n) is 1.44. The fraction of sp³-hybridized carbons (Fsp3) is 0.667. The summed E-state index contributed by atoms with van der Waals surface area (Å²) in [5.74, 6) is 0.405. The number of hydrogen-bond acceptors (Lipinski definition) is 6. The maximum atomic E-state index is 5.74. The van der Waals surface area contributed by atoms with Crippen LogP contribution in [-0.2, 0) is 4.74 Å². The average molecular weight is 245 g/mol. The summed E-state index contributed by atoms with van der Waals surface area (Å²) in [6.45, 7) is 1.42. The second-order valence-electron chi connectivity index (χ2n) is 3.39. The molecule has 88 valence electrons. The molecule has 1 fully saturated rings. The molecule has 0 radical (unpaired) electrons. The Labute approximate surface area is 98.4 Å². The molecule has 0 amide bonds. The van der Waals surface area contributed by atoms with Gasteiger partial charge in [-0.1, -0.05) is 0 Å². The topological polar surface area (TPSA) is 69.2 Å². The molecule has 0 atom stereocenters. The van der Waals surface area contributed by atoms with Crippen LogP contribution in [0.2, 0.25) is 5.28 Å². The van der Waals surface area contributed by atoms with Gasteiger partial charge in [0.2, 0.25) is 11.2 Å². The van der Waals surface area contributed by atoms with Crippen LogP contribution in [0.5, 0.6) is 6.01 Å². The van der Waals surface area contributed by atoms with Gasteiger partial charge >= 0.3 is 6.01 Å². The molecule has 0 aromatic carbocycles. The van der Waals surface area contributed by atoms with Gasteiger partial charge in [-0.2, -0.15) is 15.0 Å². The number of halogens is 1.